The van der Waals surface area contributed by atoms with Crippen molar-refractivity contribution in [3.05, 3.63) is 28.2 Å². The molecule has 1 fully saturated rings. The number of benzene rings is 1. The van der Waals surface area contributed by atoms with Crippen LogP contribution in [0.5, 0.6) is 0 Å². The van der Waals surface area contributed by atoms with Gasteiger partial charge in [-0.2, -0.15) is 0 Å². The second-order valence-corrected chi connectivity index (χ2v) is 6.63. The van der Waals surface area contributed by atoms with Gasteiger partial charge in [-0.15, -0.1) is 5.10 Å². The zero-order chi connectivity index (χ0) is 13.4. The van der Waals surface area contributed by atoms with E-state index in [2.05, 4.69) is 43.6 Å². The van der Waals surface area contributed by atoms with E-state index in [1.54, 1.807) is 11.8 Å². The second kappa shape index (κ2) is 5.22. The first kappa shape index (κ1) is 13.1. The monoisotopic (exact) mass is 339 g/mol. The molecule has 1 atom stereocenters. The summed E-state index contributed by atoms with van der Waals surface area (Å²) in [6.07, 6.45) is 2.33. The van der Waals surface area contributed by atoms with Crippen LogP contribution >= 0.6 is 27.7 Å². The zero-order valence-electron chi connectivity index (χ0n) is 10.5. The summed E-state index contributed by atoms with van der Waals surface area (Å²) in [5, 5.41) is 12.8. The fourth-order valence-electron chi connectivity index (χ4n) is 1.87. The van der Waals surface area contributed by atoms with E-state index in [4.69, 9.17) is 5.73 Å². The lowest BCUT2D eigenvalue weighted by Crippen LogP contribution is -2.07. The summed E-state index contributed by atoms with van der Waals surface area (Å²) in [6.45, 7) is 1.98. The standard InChI is InChI=1S/C12H14BrN5S/c1-7(14)10-6-8(13)2-5-11(10)19-12-15-16-17-18(12)9-3-4-9/h2,5-7,9H,3-4,14H2,1H3. The Morgan fingerprint density at radius 1 is 1.47 bits per heavy atom. The van der Waals surface area contributed by atoms with E-state index < -0.39 is 0 Å². The second-order valence-electron chi connectivity index (χ2n) is 4.71. The third-order valence-corrected chi connectivity index (χ3v) is 4.56. The molecule has 1 aromatic carbocycles. The molecule has 7 heteroatoms. The van der Waals surface area contributed by atoms with Crippen LogP contribution in [0.1, 0.15) is 37.4 Å². The van der Waals surface area contributed by atoms with Gasteiger partial charge in [-0.05, 0) is 65.7 Å². The Labute approximate surface area is 124 Å². The van der Waals surface area contributed by atoms with Crippen molar-refractivity contribution in [2.24, 2.45) is 5.73 Å². The van der Waals surface area contributed by atoms with Crippen molar-refractivity contribution < 1.29 is 0 Å². The minimum atomic E-state index is -0.0229. The van der Waals surface area contributed by atoms with Gasteiger partial charge in [0.1, 0.15) is 0 Å². The summed E-state index contributed by atoms with van der Waals surface area (Å²) < 4.78 is 2.95. The van der Waals surface area contributed by atoms with Crippen LogP contribution in [0.3, 0.4) is 0 Å². The van der Waals surface area contributed by atoms with Gasteiger partial charge in [-0.3, -0.25) is 0 Å². The molecule has 1 aromatic heterocycles. The van der Waals surface area contributed by atoms with Crippen molar-refractivity contribution in [1.29, 1.82) is 0 Å². The molecule has 2 N–H and O–H groups in total. The molecule has 0 saturated heterocycles. The van der Waals surface area contributed by atoms with Gasteiger partial charge in [0, 0.05) is 15.4 Å². The molecular formula is C12H14BrN5S. The number of rotatable bonds is 4. The van der Waals surface area contributed by atoms with E-state index in [1.165, 1.54) is 12.8 Å². The summed E-state index contributed by atoms with van der Waals surface area (Å²) >= 11 is 5.06. The van der Waals surface area contributed by atoms with Crippen LogP contribution in [-0.2, 0) is 0 Å². The van der Waals surface area contributed by atoms with Crippen LogP contribution in [0.2, 0.25) is 0 Å². The summed E-state index contributed by atoms with van der Waals surface area (Å²) in [7, 11) is 0. The maximum atomic E-state index is 6.03. The van der Waals surface area contributed by atoms with Gasteiger partial charge >= 0.3 is 0 Å². The van der Waals surface area contributed by atoms with Gasteiger partial charge < -0.3 is 5.73 Å². The van der Waals surface area contributed by atoms with Gasteiger partial charge in [0.05, 0.1) is 6.04 Å². The zero-order valence-corrected chi connectivity index (χ0v) is 12.9. The SMILES string of the molecule is CC(N)c1cc(Br)ccc1Sc1nnnn1C1CC1. The predicted octanol–water partition coefficient (Wildman–Crippen LogP) is 2.94. The predicted molar refractivity (Wildman–Crippen MR) is 77.0 cm³/mol. The highest BCUT2D eigenvalue weighted by molar-refractivity contribution is 9.10. The highest BCUT2D eigenvalue weighted by Crippen LogP contribution is 2.39. The molecule has 1 heterocycles. The molecule has 0 amide bonds. The molecule has 1 aliphatic rings. The van der Waals surface area contributed by atoms with E-state index in [0.29, 0.717) is 6.04 Å². The molecule has 0 radical (unpaired) electrons. The van der Waals surface area contributed by atoms with Crippen molar-refractivity contribution in [3.8, 4) is 0 Å². The number of nitrogens with zero attached hydrogens (tertiary/aromatic N) is 4. The highest BCUT2D eigenvalue weighted by atomic mass is 79.9. The summed E-state index contributed by atoms with van der Waals surface area (Å²) in [5.74, 6) is 0. The quantitative estimate of drug-likeness (QED) is 0.927. The average Bonchev–Trinajstić information content (AvgIpc) is 3.12. The summed E-state index contributed by atoms with van der Waals surface area (Å²) in [4.78, 5) is 1.11. The molecule has 0 aliphatic heterocycles. The minimum absolute atomic E-state index is 0.0229. The first-order chi connectivity index (χ1) is 9.15. The molecular weight excluding hydrogens is 326 g/mol. The lowest BCUT2D eigenvalue weighted by molar-refractivity contribution is 0.565. The summed E-state index contributed by atoms with van der Waals surface area (Å²) in [6, 6.07) is 6.58. The third-order valence-electron chi connectivity index (χ3n) is 3.02. The van der Waals surface area contributed by atoms with Crippen molar-refractivity contribution in [2.45, 2.75) is 41.9 Å². The van der Waals surface area contributed by atoms with E-state index in [9.17, 15) is 0 Å². The van der Waals surface area contributed by atoms with E-state index in [0.717, 1.165) is 20.1 Å². The summed E-state index contributed by atoms with van der Waals surface area (Å²) in [5.41, 5.74) is 7.13. The van der Waals surface area contributed by atoms with Gasteiger partial charge in [0.15, 0.2) is 0 Å². The smallest absolute Gasteiger partial charge is 0.214 e. The van der Waals surface area contributed by atoms with Crippen molar-refractivity contribution in [3.63, 3.8) is 0 Å². The van der Waals surface area contributed by atoms with Crippen molar-refractivity contribution in [1.82, 2.24) is 20.2 Å². The van der Waals surface area contributed by atoms with Gasteiger partial charge in [0.2, 0.25) is 5.16 Å². The number of hydrogen-bond donors (Lipinski definition) is 1. The van der Waals surface area contributed by atoms with Crippen molar-refractivity contribution >= 4 is 27.7 Å². The Morgan fingerprint density at radius 3 is 2.95 bits per heavy atom. The Kier molecular flexibility index (Phi) is 3.60. The third kappa shape index (κ3) is 2.82. The van der Waals surface area contributed by atoms with Crippen LogP contribution in [0.25, 0.3) is 0 Å². The van der Waals surface area contributed by atoms with Crippen LogP contribution in [0, 0.1) is 0 Å². The molecule has 3 rings (SSSR count). The lowest BCUT2D eigenvalue weighted by atomic mass is 10.1. The van der Waals surface area contributed by atoms with Crippen LogP contribution < -0.4 is 5.73 Å². The molecule has 100 valence electrons. The first-order valence-electron chi connectivity index (χ1n) is 6.16. The molecule has 5 nitrogen and oxygen atoms in total. The van der Waals surface area contributed by atoms with Crippen LogP contribution in [-0.4, -0.2) is 20.2 Å². The largest absolute Gasteiger partial charge is 0.324 e. The van der Waals surface area contributed by atoms with Gasteiger partial charge in [0.25, 0.3) is 0 Å². The molecule has 19 heavy (non-hydrogen) atoms. The molecule has 1 unspecified atom stereocenters. The molecule has 0 bridgehead atoms. The molecule has 1 aliphatic carbocycles. The Bertz CT molecular complexity index is 594. The normalized spacial score (nSPS) is 16.6. The topological polar surface area (TPSA) is 69.6 Å². The fourth-order valence-corrected chi connectivity index (χ4v) is 3.30. The van der Waals surface area contributed by atoms with Gasteiger partial charge in [-0.25, -0.2) is 4.68 Å². The van der Waals surface area contributed by atoms with E-state index in [1.807, 2.05) is 17.7 Å². The average molecular weight is 340 g/mol. The Morgan fingerprint density at radius 2 is 2.26 bits per heavy atom. The Hall–Kier alpha value is -0.920. The minimum Gasteiger partial charge on any atom is -0.324 e. The number of tetrazole rings is 1. The maximum absolute atomic E-state index is 6.03. The number of halogens is 1. The molecule has 1 saturated carbocycles. The number of nitrogens with two attached hydrogens (primary N) is 1. The highest BCUT2D eigenvalue weighted by Gasteiger charge is 2.28. The lowest BCUT2D eigenvalue weighted by Gasteiger charge is -2.12. The first-order valence-corrected chi connectivity index (χ1v) is 7.77. The van der Waals surface area contributed by atoms with Crippen LogP contribution in [0.4, 0.5) is 0 Å². The van der Waals surface area contributed by atoms with Crippen LogP contribution in [0.15, 0.2) is 32.7 Å². The van der Waals surface area contributed by atoms with Gasteiger partial charge in [-0.1, -0.05) is 15.9 Å². The Balaban J connectivity index is 1.92. The number of aromatic nitrogens is 4. The number of hydrogen-bond acceptors (Lipinski definition) is 5. The van der Waals surface area contributed by atoms with Crippen molar-refractivity contribution in [2.75, 3.05) is 0 Å². The molecule has 2 aromatic rings. The maximum Gasteiger partial charge on any atom is 0.214 e. The van der Waals surface area contributed by atoms with E-state index in [-0.39, 0.29) is 6.04 Å². The van der Waals surface area contributed by atoms with E-state index >= 15 is 0 Å². The molecule has 0 spiro atoms. The fraction of sp³-hybridized carbons (Fsp3) is 0.417.